The number of hydrogen-bond acceptors (Lipinski definition) is 3. The topological polar surface area (TPSA) is 35.6 Å². The number of hydrogen-bond donors (Lipinski definition) is 1. The summed E-state index contributed by atoms with van der Waals surface area (Å²) >= 11 is 0. The van der Waals surface area contributed by atoms with Gasteiger partial charge in [0.2, 0.25) is 5.91 Å². The van der Waals surface area contributed by atoms with Gasteiger partial charge in [-0.1, -0.05) is 49.6 Å². The molecule has 1 aromatic carbocycles. The summed E-state index contributed by atoms with van der Waals surface area (Å²) in [5.74, 6) is 0.249. The zero-order valence-corrected chi connectivity index (χ0v) is 15.5. The van der Waals surface area contributed by atoms with Gasteiger partial charge in [-0.25, -0.2) is 0 Å². The predicted octanol–water partition coefficient (Wildman–Crippen LogP) is 2.69. The lowest BCUT2D eigenvalue weighted by atomic mass is 9.95. The average molecular weight is 344 g/mol. The third-order valence-corrected chi connectivity index (χ3v) is 5.65. The van der Waals surface area contributed by atoms with Crippen molar-refractivity contribution in [2.45, 2.75) is 51.0 Å². The molecule has 0 radical (unpaired) electrons. The van der Waals surface area contributed by atoms with Crippen LogP contribution in [0.25, 0.3) is 0 Å². The summed E-state index contributed by atoms with van der Waals surface area (Å²) < 4.78 is 0. The quantitative estimate of drug-likeness (QED) is 0.827. The molecule has 4 nitrogen and oxygen atoms in total. The van der Waals surface area contributed by atoms with E-state index in [0.717, 1.165) is 45.7 Å². The Morgan fingerprint density at radius 3 is 2.24 bits per heavy atom. The van der Waals surface area contributed by atoms with E-state index in [0.29, 0.717) is 12.5 Å². The largest absolute Gasteiger partial charge is 0.353 e. The fourth-order valence-electron chi connectivity index (χ4n) is 3.97. The maximum Gasteiger partial charge on any atom is 0.221 e. The second kappa shape index (κ2) is 9.93. The molecule has 0 atom stereocenters. The number of benzene rings is 1. The first kappa shape index (κ1) is 18.4. The molecule has 1 N–H and O–H groups in total. The van der Waals surface area contributed by atoms with Crippen molar-refractivity contribution >= 4 is 5.91 Å². The van der Waals surface area contributed by atoms with E-state index in [4.69, 9.17) is 0 Å². The normalized spacial score (nSPS) is 20.5. The zero-order chi connectivity index (χ0) is 17.3. The summed E-state index contributed by atoms with van der Waals surface area (Å²) in [7, 11) is 0. The van der Waals surface area contributed by atoms with Crippen LogP contribution in [0.1, 0.15) is 44.1 Å². The molecule has 138 valence electrons. The van der Waals surface area contributed by atoms with Crippen LogP contribution in [0.5, 0.6) is 0 Å². The van der Waals surface area contributed by atoms with Gasteiger partial charge in [0.15, 0.2) is 0 Å². The SMILES string of the molecule is O=C(CCN1CCN(CCc2ccccc2)CC1)NC1CCCCC1. The van der Waals surface area contributed by atoms with Crippen molar-refractivity contribution in [2.75, 3.05) is 39.3 Å². The van der Waals surface area contributed by atoms with E-state index < -0.39 is 0 Å². The second-order valence-corrected chi connectivity index (χ2v) is 7.57. The van der Waals surface area contributed by atoms with Crippen LogP contribution in [-0.2, 0) is 11.2 Å². The maximum atomic E-state index is 12.1. The standard InChI is InChI=1S/C21H33N3O/c25-21(22-20-9-5-2-6-10-20)12-14-24-17-15-23(16-18-24)13-11-19-7-3-1-4-8-19/h1,3-4,7-8,20H,2,5-6,9-18H2,(H,22,25). The highest BCUT2D eigenvalue weighted by molar-refractivity contribution is 5.76. The summed E-state index contributed by atoms with van der Waals surface area (Å²) in [5.41, 5.74) is 1.42. The molecule has 2 fully saturated rings. The molecule has 1 aliphatic heterocycles. The first-order chi connectivity index (χ1) is 12.3. The van der Waals surface area contributed by atoms with E-state index in [1.165, 1.54) is 37.7 Å². The Labute approximate surface area is 152 Å². The summed E-state index contributed by atoms with van der Waals surface area (Å²) in [6.45, 7) is 6.47. The fourth-order valence-corrected chi connectivity index (χ4v) is 3.97. The van der Waals surface area contributed by atoms with Crippen LogP contribution in [0.15, 0.2) is 30.3 Å². The highest BCUT2D eigenvalue weighted by Crippen LogP contribution is 2.17. The van der Waals surface area contributed by atoms with Gasteiger partial charge in [-0.3, -0.25) is 4.79 Å². The Hall–Kier alpha value is -1.39. The first-order valence-electron chi connectivity index (χ1n) is 10.1. The Morgan fingerprint density at radius 1 is 0.920 bits per heavy atom. The molecular weight excluding hydrogens is 310 g/mol. The van der Waals surface area contributed by atoms with Crippen molar-refractivity contribution < 1.29 is 4.79 Å². The van der Waals surface area contributed by atoms with Gasteiger partial charge in [-0.2, -0.15) is 0 Å². The Balaban J connectivity index is 1.28. The monoisotopic (exact) mass is 343 g/mol. The van der Waals surface area contributed by atoms with Gasteiger partial charge in [0, 0.05) is 51.7 Å². The van der Waals surface area contributed by atoms with Crippen LogP contribution in [-0.4, -0.2) is 61.0 Å². The van der Waals surface area contributed by atoms with Crippen molar-refractivity contribution in [2.24, 2.45) is 0 Å². The molecule has 1 amide bonds. The van der Waals surface area contributed by atoms with E-state index in [-0.39, 0.29) is 5.91 Å². The average Bonchev–Trinajstić information content (AvgIpc) is 2.67. The second-order valence-electron chi connectivity index (χ2n) is 7.57. The first-order valence-corrected chi connectivity index (χ1v) is 10.1. The summed E-state index contributed by atoms with van der Waals surface area (Å²) in [6.07, 6.45) is 8.01. The number of nitrogens with zero attached hydrogens (tertiary/aromatic N) is 2. The lowest BCUT2D eigenvalue weighted by Crippen LogP contribution is -2.48. The molecule has 0 bridgehead atoms. The molecule has 0 aromatic heterocycles. The van der Waals surface area contributed by atoms with Crippen LogP contribution in [0.3, 0.4) is 0 Å². The molecule has 4 heteroatoms. The van der Waals surface area contributed by atoms with E-state index in [1.807, 2.05) is 0 Å². The molecule has 1 saturated heterocycles. The summed E-state index contributed by atoms with van der Waals surface area (Å²) in [6, 6.07) is 11.2. The number of piperazine rings is 1. The third kappa shape index (κ3) is 6.44. The number of rotatable bonds is 7. The van der Waals surface area contributed by atoms with Crippen molar-refractivity contribution in [3.05, 3.63) is 35.9 Å². The smallest absolute Gasteiger partial charge is 0.221 e. The fraction of sp³-hybridized carbons (Fsp3) is 0.667. The minimum atomic E-state index is 0.249. The lowest BCUT2D eigenvalue weighted by Gasteiger charge is -2.34. The van der Waals surface area contributed by atoms with E-state index in [2.05, 4.69) is 45.4 Å². The summed E-state index contributed by atoms with van der Waals surface area (Å²) in [4.78, 5) is 17.1. The Morgan fingerprint density at radius 2 is 1.56 bits per heavy atom. The number of carbonyl (C=O) groups excluding carboxylic acids is 1. The molecule has 2 aliphatic rings. The molecule has 0 unspecified atom stereocenters. The molecular formula is C21H33N3O. The maximum absolute atomic E-state index is 12.1. The zero-order valence-electron chi connectivity index (χ0n) is 15.5. The highest BCUT2D eigenvalue weighted by atomic mass is 16.1. The van der Waals surface area contributed by atoms with Gasteiger partial charge in [-0.15, -0.1) is 0 Å². The molecule has 1 aliphatic carbocycles. The molecule has 1 heterocycles. The van der Waals surface area contributed by atoms with Crippen molar-refractivity contribution in [1.82, 2.24) is 15.1 Å². The van der Waals surface area contributed by atoms with Crippen LogP contribution in [0, 0.1) is 0 Å². The molecule has 1 saturated carbocycles. The van der Waals surface area contributed by atoms with Crippen molar-refractivity contribution in [3.63, 3.8) is 0 Å². The van der Waals surface area contributed by atoms with E-state index >= 15 is 0 Å². The van der Waals surface area contributed by atoms with Gasteiger partial charge in [0.1, 0.15) is 0 Å². The van der Waals surface area contributed by atoms with Gasteiger partial charge in [0.25, 0.3) is 0 Å². The highest BCUT2D eigenvalue weighted by Gasteiger charge is 2.19. The number of carbonyl (C=O) groups is 1. The van der Waals surface area contributed by atoms with Crippen molar-refractivity contribution in [1.29, 1.82) is 0 Å². The number of nitrogens with one attached hydrogen (secondary N) is 1. The molecule has 1 aromatic rings. The van der Waals surface area contributed by atoms with Gasteiger partial charge >= 0.3 is 0 Å². The van der Waals surface area contributed by atoms with Crippen LogP contribution in [0.2, 0.25) is 0 Å². The van der Waals surface area contributed by atoms with Crippen LogP contribution >= 0.6 is 0 Å². The third-order valence-electron chi connectivity index (χ3n) is 5.65. The lowest BCUT2D eigenvalue weighted by molar-refractivity contribution is -0.122. The van der Waals surface area contributed by atoms with Crippen LogP contribution in [0.4, 0.5) is 0 Å². The number of amides is 1. The van der Waals surface area contributed by atoms with E-state index in [1.54, 1.807) is 0 Å². The predicted molar refractivity (Wildman–Crippen MR) is 103 cm³/mol. The molecule has 3 rings (SSSR count). The Kier molecular flexibility index (Phi) is 7.31. The molecule has 25 heavy (non-hydrogen) atoms. The molecule has 0 spiro atoms. The summed E-state index contributed by atoms with van der Waals surface area (Å²) in [5, 5.41) is 3.23. The van der Waals surface area contributed by atoms with Crippen LogP contribution < -0.4 is 5.32 Å². The van der Waals surface area contributed by atoms with Crippen molar-refractivity contribution in [3.8, 4) is 0 Å². The van der Waals surface area contributed by atoms with E-state index in [9.17, 15) is 4.79 Å². The van der Waals surface area contributed by atoms with Gasteiger partial charge < -0.3 is 15.1 Å². The minimum Gasteiger partial charge on any atom is -0.353 e. The Bertz CT molecular complexity index is 505. The van der Waals surface area contributed by atoms with Gasteiger partial charge in [0.05, 0.1) is 0 Å². The minimum absolute atomic E-state index is 0.249. The van der Waals surface area contributed by atoms with Gasteiger partial charge in [-0.05, 0) is 24.8 Å².